The van der Waals surface area contributed by atoms with Gasteiger partial charge in [0, 0.05) is 15.8 Å². The molecule has 9 heteroatoms. The Hall–Kier alpha value is -1.09. The molecule has 0 atom stereocenters. The summed E-state index contributed by atoms with van der Waals surface area (Å²) in [5.74, 6) is 0. The van der Waals surface area contributed by atoms with Crippen molar-refractivity contribution in [2.75, 3.05) is 11.0 Å². The lowest BCUT2D eigenvalue weighted by molar-refractivity contribution is 0.601. The summed E-state index contributed by atoms with van der Waals surface area (Å²) in [4.78, 5) is -0.132. The zero-order valence-corrected chi connectivity index (χ0v) is 15.2. The summed E-state index contributed by atoms with van der Waals surface area (Å²) in [7, 11) is -7.53. The van der Waals surface area contributed by atoms with Crippen LogP contribution < -0.4 is 4.72 Å². The molecular weight excluding hydrogens is 414 g/mol. The Morgan fingerprint density at radius 3 is 2.14 bits per heavy atom. The number of sulfonamides is 1. The van der Waals surface area contributed by atoms with Gasteiger partial charge in [0.1, 0.15) is 0 Å². The van der Waals surface area contributed by atoms with Crippen molar-refractivity contribution >= 4 is 53.1 Å². The fourth-order valence-electron chi connectivity index (χ4n) is 1.72. The van der Waals surface area contributed by atoms with Crippen LogP contribution in [-0.4, -0.2) is 23.1 Å². The number of halogens is 2. The van der Waals surface area contributed by atoms with Crippen molar-refractivity contribution in [3.05, 3.63) is 52.0 Å². The number of hydrogen-bond donors (Lipinski definition) is 1. The molecule has 0 bridgehead atoms. The van der Waals surface area contributed by atoms with E-state index in [0.717, 1.165) is 10.7 Å². The van der Waals surface area contributed by atoms with E-state index in [4.69, 9.17) is 11.6 Å². The Morgan fingerprint density at radius 2 is 1.59 bits per heavy atom. The van der Waals surface area contributed by atoms with Gasteiger partial charge >= 0.3 is 0 Å². The van der Waals surface area contributed by atoms with E-state index in [1.807, 2.05) is 0 Å². The van der Waals surface area contributed by atoms with E-state index in [2.05, 4.69) is 20.7 Å². The number of rotatable bonds is 4. The molecule has 2 rings (SSSR count). The summed E-state index contributed by atoms with van der Waals surface area (Å²) in [5.41, 5.74) is -0.0853. The smallest absolute Gasteiger partial charge is 0.261 e. The lowest BCUT2D eigenvalue weighted by Crippen LogP contribution is -2.15. The summed E-state index contributed by atoms with van der Waals surface area (Å²) in [5, 5.41) is 0.223. The van der Waals surface area contributed by atoms with Crippen LogP contribution in [0, 0.1) is 0 Å². The molecule has 0 radical (unpaired) electrons. The molecule has 0 fully saturated rings. The van der Waals surface area contributed by atoms with Gasteiger partial charge in [0.2, 0.25) is 0 Å². The van der Waals surface area contributed by atoms with Crippen LogP contribution in [0.4, 0.5) is 5.69 Å². The summed E-state index contributed by atoms with van der Waals surface area (Å²) in [6, 6.07) is 9.85. The van der Waals surface area contributed by atoms with Crippen molar-refractivity contribution in [2.24, 2.45) is 0 Å². The SMILES string of the molecule is CS(=O)(=O)c1ccc(Cl)cc1NS(=O)(=O)c1ccc(Br)cc1. The Bertz CT molecular complexity index is 910. The van der Waals surface area contributed by atoms with Gasteiger partial charge in [-0.25, -0.2) is 16.8 Å². The molecule has 0 aliphatic rings. The molecule has 0 amide bonds. The monoisotopic (exact) mass is 423 g/mol. The summed E-state index contributed by atoms with van der Waals surface area (Å²) in [6.45, 7) is 0. The lowest BCUT2D eigenvalue weighted by atomic mass is 10.3. The molecule has 0 aliphatic heterocycles. The van der Waals surface area contributed by atoms with Crippen LogP contribution in [0.15, 0.2) is 56.7 Å². The molecule has 2 aromatic rings. The third kappa shape index (κ3) is 4.01. The minimum Gasteiger partial charge on any atom is -0.278 e. The average Bonchev–Trinajstić information content (AvgIpc) is 2.37. The second-order valence-electron chi connectivity index (χ2n) is 4.47. The van der Waals surface area contributed by atoms with Crippen molar-refractivity contribution in [3.8, 4) is 0 Å². The van der Waals surface area contributed by atoms with Gasteiger partial charge in [0.25, 0.3) is 10.0 Å². The van der Waals surface area contributed by atoms with E-state index in [1.54, 1.807) is 12.1 Å². The van der Waals surface area contributed by atoms with Gasteiger partial charge in [0.15, 0.2) is 9.84 Å². The number of benzene rings is 2. The van der Waals surface area contributed by atoms with Gasteiger partial charge in [-0.05, 0) is 42.5 Å². The Balaban J connectivity index is 2.50. The van der Waals surface area contributed by atoms with E-state index in [9.17, 15) is 16.8 Å². The number of nitrogens with one attached hydrogen (secondary N) is 1. The predicted octanol–water partition coefficient (Wildman–Crippen LogP) is 3.31. The van der Waals surface area contributed by atoms with Crippen LogP contribution in [0.3, 0.4) is 0 Å². The normalized spacial score (nSPS) is 12.1. The molecule has 0 unspecified atom stereocenters. The van der Waals surface area contributed by atoms with Crippen molar-refractivity contribution in [1.82, 2.24) is 0 Å². The van der Waals surface area contributed by atoms with E-state index in [0.29, 0.717) is 0 Å². The molecule has 0 saturated carbocycles. The van der Waals surface area contributed by atoms with Gasteiger partial charge < -0.3 is 0 Å². The van der Waals surface area contributed by atoms with Gasteiger partial charge in [-0.2, -0.15) is 0 Å². The van der Waals surface area contributed by atoms with E-state index < -0.39 is 19.9 Å². The fraction of sp³-hybridized carbons (Fsp3) is 0.0769. The minimum absolute atomic E-state index is 0.00938. The fourth-order valence-corrected chi connectivity index (χ4v) is 4.12. The van der Waals surface area contributed by atoms with Crippen LogP contribution >= 0.6 is 27.5 Å². The summed E-state index contributed by atoms with van der Waals surface area (Å²) >= 11 is 9.04. The molecule has 1 N–H and O–H groups in total. The van der Waals surface area contributed by atoms with E-state index in [1.165, 1.54) is 30.3 Å². The first kappa shape index (κ1) is 17.3. The van der Waals surface area contributed by atoms with Crippen LogP contribution in [0.2, 0.25) is 5.02 Å². The molecule has 2 aromatic carbocycles. The lowest BCUT2D eigenvalue weighted by Gasteiger charge is -2.12. The van der Waals surface area contributed by atoms with Crippen molar-refractivity contribution < 1.29 is 16.8 Å². The van der Waals surface area contributed by atoms with Crippen molar-refractivity contribution in [2.45, 2.75) is 9.79 Å². The minimum atomic E-state index is -3.92. The third-order valence-corrected chi connectivity index (χ3v) is 6.01. The molecule has 0 aliphatic carbocycles. The summed E-state index contributed by atoms with van der Waals surface area (Å²) in [6.07, 6.45) is 0.994. The van der Waals surface area contributed by atoms with Crippen LogP contribution in [-0.2, 0) is 19.9 Å². The highest BCUT2D eigenvalue weighted by atomic mass is 79.9. The Kier molecular flexibility index (Phi) is 4.86. The second kappa shape index (κ2) is 6.19. The first-order valence-corrected chi connectivity index (χ1v) is 10.4. The van der Waals surface area contributed by atoms with Crippen LogP contribution in [0.1, 0.15) is 0 Å². The van der Waals surface area contributed by atoms with Gasteiger partial charge in [0.05, 0.1) is 15.5 Å². The highest BCUT2D eigenvalue weighted by Crippen LogP contribution is 2.27. The van der Waals surface area contributed by atoms with Crippen molar-refractivity contribution in [3.63, 3.8) is 0 Å². The molecule has 0 spiro atoms. The topological polar surface area (TPSA) is 80.3 Å². The van der Waals surface area contributed by atoms with Gasteiger partial charge in [-0.1, -0.05) is 27.5 Å². The van der Waals surface area contributed by atoms with Gasteiger partial charge in [-0.3, -0.25) is 4.72 Å². The molecular formula is C13H11BrClNO4S2. The van der Waals surface area contributed by atoms with Crippen molar-refractivity contribution in [1.29, 1.82) is 0 Å². The Labute approximate surface area is 142 Å². The summed E-state index contributed by atoms with van der Waals surface area (Å²) < 4.78 is 51.2. The Morgan fingerprint density at radius 1 is 1.00 bits per heavy atom. The maximum absolute atomic E-state index is 12.3. The molecule has 118 valence electrons. The highest BCUT2D eigenvalue weighted by Gasteiger charge is 2.20. The first-order valence-electron chi connectivity index (χ1n) is 5.87. The third-order valence-electron chi connectivity index (χ3n) is 2.71. The second-order valence-corrected chi connectivity index (χ2v) is 9.49. The number of anilines is 1. The zero-order chi connectivity index (χ0) is 16.5. The molecule has 0 aromatic heterocycles. The average molecular weight is 425 g/mol. The maximum atomic E-state index is 12.3. The standard InChI is InChI=1S/C13H11BrClNO4S2/c1-21(17,18)13-7-4-10(15)8-12(13)16-22(19,20)11-5-2-9(14)3-6-11/h2-8,16H,1H3. The van der Waals surface area contributed by atoms with Gasteiger partial charge in [-0.15, -0.1) is 0 Å². The number of sulfone groups is 1. The molecule has 5 nitrogen and oxygen atoms in total. The molecule has 0 saturated heterocycles. The highest BCUT2D eigenvalue weighted by molar-refractivity contribution is 9.10. The molecule has 22 heavy (non-hydrogen) atoms. The predicted molar refractivity (Wildman–Crippen MR) is 89.5 cm³/mol. The maximum Gasteiger partial charge on any atom is 0.261 e. The molecule has 0 heterocycles. The largest absolute Gasteiger partial charge is 0.278 e. The first-order chi connectivity index (χ1) is 10.1. The number of hydrogen-bond acceptors (Lipinski definition) is 4. The quantitative estimate of drug-likeness (QED) is 0.816. The zero-order valence-electron chi connectivity index (χ0n) is 11.2. The van der Waals surface area contributed by atoms with E-state index >= 15 is 0 Å². The van der Waals surface area contributed by atoms with E-state index in [-0.39, 0.29) is 20.5 Å². The van der Waals surface area contributed by atoms with Crippen LogP contribution in [0.25, 0.3) is 0 Å². The van der Waals surface area contributed by atoms with Crippen LogP contribution in [0.5, 0.6) is 0 Å².